The van der Waals surface area contributed by atoms with E-state index >= 15 is 0 Å². The molecule has 0 fully saturated rings. The predicted octanol–water partition coefficient (Wildman–Crippen LogP) is 3.82. The van der Waals surface area contributed by atoms with Gasteiger partial charge in [0, 0.05) is 30.6 Å². The van der Waals surface area contributed by atoms with Crippen LogP contribution >= 0.6 is 0 Å². The maximum atomic E-state index is 12.8. The summed E-state index contributed by atoms with van der Waals surface area (Å²) in [5.74, 6) is 1.02. The number of rotatable bonds is 9. The number of hydrogen-bond donors (Lipinski definition) is 1. The Hall–Kier alpha value is -3.65. The SMILES string of the molecule is CC/C(=N\NC(=O)C(OC)c1ccc(-n2cccn2)cc1)c1cc(OC)c(C)c(OC)c1. The lowest BCUT2D eigenvalue weighted by atomic mass is 10.0. The van der Waals surface area contributed by atoms with Gasteiger partial charge in [-0.3, -0.25) is 4.79 Å². The highest BCUT2D eigenvalue weighted by Gasteiger charge is 2.20. The van der Waals surface area contributed by atoms with Crippen LogP contribution in [0.15, 0.2) is 60.0 Å². The molecule has 0 aliphatic rings. The lowest BCUT2D eigenvalue weighted by molar-refractivity contribution is -0.131. The van der Waals surface area contributed by atoms with Crippen LogP contribution in [0.25, 0.3) is 5.69 Å². The number of benzene rings is 2. The summed E-state index contributed by atoms with van der Waals surface area (Å²) in [6, 6.07) is 13.1. The van der Waals surface area contributed by atoms with Crippen molar-refractivity contribution >= 4 is 11.6 Å². The lowest BCUT2D eigenvalue weighted by Crippen LogP contribution is -2.27. The number of ether oxygens (including phenoxy) is 3. The number of amides is 1. The molecule has 168 valence electrons. The summed E-state index contributed by atoms with van der Waals surface area (Å²) in [4.78, 5) is 12.8. The second-order valence-corrected chi connectivity index (χ2v) is 7.05. The Morgan fingerprint density at radius 1 is 1.12 bits per heavy atom. The quantitative estimate of drug-likeness (QED) is 0.407. The fraction of sp³-hybridized carbons (Fsp3) is 0.292. The molecule has 1 amide bonds. The second-order valence-electron chi connectivity index (χ2n) is 7.05. The first-order valence-corrected chi connectivity index (χ1v) is 10.2. The van der Waals surface area contributed by atoms with Crippen LogP contribution in [0.3, 0.4) is 0 Å². The van der Waals surface area contributed by atoms with Gasteiger partial charge in [-0.2, -0.15) is 10.2 Å². The Bertz CT molecular complexity index is 1050. The van der Waals surface area contributed by atoms with Gasteiger partial charge < -0.3 is 14.2 Å². The van der Waals surface area contributed by atoms with Crippen molar-refractivity contribution in [1.29, 1.82) is 0 Å². The van der Waals surface area contributed by atoms with Crippen molar-refractivity contribution in [2.75, 3.05) is 21.3 Å². The largest absolute Gasteiger partial charge is 0.496 e. The van der Waals surface area contributed by atoms with Crippen molar-refractivity contribution in [1.82, 2.24) is 15.2 Å². The molecule has 3 aromatic rings. The molecule has 0 bridgehead atoms. The first-order valence-electron chi connectivity index (χ1n) is 10.2. The van der Waals surface area contributed by atoms with Crippen molar-refractivity contribution in [2.45, 2.75) is 26.4 Å². The zero-order valence-corrected chi connectivity index (χ0v) is 19.0. The van der Waals surface area contributed by atoms with Crippen LogP contribution in [0.2, 0.25) is 0 Å². The van der Waals surface area contributed by atoms with Crippen molar-refractivity contribution in [3.63, 3.8) is 0 Å². The molecule has 1 heterocycles. The van der Waals surface area contributed by atoms with Gasteiger partial charge in [-0.15, -0.1) is 0 Å². The zero-order chi connectivity index (χ0) is 23.1. The minimum absolute atomic E-state index is 0.365. The first-order chi connectivity index (χ1) is 15.5. The monoisotopic (exact) mass is 436 g/mol. The molecule has 0 saturated carbocycles. The third-order valence-electron chi connectivity index (χ3n) is 5.16. The van der Waals surface area contributed by atoms with Crippen LogP contribution in [-0.4, -0.2) is 42.7 Å². The average molecular weight is 437 g/mol. The number of carbonyl (C=O) groups excluding carboxylic acids is 1. The van der Waals surface area contributed by atoms with Crippen molar-refractivity contribution in [3.05, 3.63) is 71.5 Å². The Balaban J connectivity index is 1.79. The van der Waals surface area contributed by atoms with E-state index in [2.05, 4.69) is 15.6 Å². The van der Waals surface area contributed by atoms with E-state index in [1.165, 1.54) is 7.11 Å². The molecule has 0 radical (unpaired) electrons. The minimum atomic E-state index is -0.800. The Morgan fingerprint density at radius 3 is 2.28 bits per heavy atom. The fourth-order valence-corrected chi connectivity index (χ4v) is 3.40. The van der Waals surface area contributed by atoms with Crippen LogP contribution in [0.1, 0.15) is 36.1 Å². The zero-order valence-electron chi connectivity index (χ0n) is 19.0. The normalized spacial score (nSPS) is 12.3. The molecule has 1 N–H and O–H groups in total. The molecule has 32 heavy (non-hydrogen) atoms. The first kappa shape index (κ1) is 23.0. The summed E-state index contributed by atoms with van der Waals surface area (Å²) < 4.78 is 18.1. The molecule has 0 saturated heterocycles. The number of hydrazone groups is 1. The Morgan fingerprint density at radius 2 is 1.78 bits per heavy atom. The molecule has 1 atom stereocenters. The standard InChI is InChI=1S/C24H28N4O4/c1-6-20(18-14-21(30-3)16(2)22(15-18)31-4)26-27-24(29)23(32-5)17-8-10-19(11-9-17)28-13-7-12-25-28/h7-15,23H,6H2,1-5H3,(H,27,29)/b26-20+. The van der Waals surface area contributed by atoms with Crippen LogP contribution in [0, 0.1) is 6.92 Å². The van der Waals surface area contributed by atoms with E-state index in [1.54, 1.807) is 25.1 Å². The fourth-order valence-electron chi connectivity index (χ4n) is 3.40. The number of methoxy groups -OCH3 is 3. The topological polar surface area (TPSA) is 87.0 Å². The summed E-state index contributed by atoms with van der Waals surface area (Å²) in [6.45, 7) is 3.89. The molecule has 0 aliphatic carbocycles. The Labute approximate surface area is 187 Å². The van der Waals surface area contributed by atoms with Gasteiger partial charge in [-0.05, 0) is 49.2 Å². The molecule has 8 nitrogen and oxygen atoms in total. The van der Waals surface area contributed by atoms with Gasteiger partial charge in [-0.25, -0.2) is 10.1 Å². The van der Waals surface area contributed by atoms with Gasteiger partial charge in [-0.1, -0.05) is 19.1 Å². The van der Waals surface area contributed by atoms with Gasteiger partial charge in [0.2, 0.25) is 0 Å². The molecule has 2 aromatic carbocycles. The maximum absolute atomic E-state index is 12.8. The van der Waals surface area contributed by atoms with Crippen LogP contribution in [0.4, 0.5) is 0 Å². The van der Waals surface area contributed by atoms with Crippen molar-refractivity contribution < 1.29 is 19.0 Å². The van der Waals surface area contributed by atoms with E-state index in [0.717, 1.165) is 16.8 Å². The van der Waals surface area contributed by atoms with E-state index in [4.69, 9.17) is 14.2 Å². The molecule has 0 spiro atoms. The predicted molar refractivity (Wildman–Crippen MR) is 123 cm³/mol. The van der Waals surface area contributed by atoms with E-state index in [9.17, 15) is 4.79 Å². The Kier molecular flexibility index (Phi) is 7.62. The molecule has 1 unspecified atom stereocenters. The van der Waals surface area contributed by atoms with E-state index in [-0.39, 0.29) is 5.91 Å². The third kappa shape index (κ3) is 4.97. The molecule has 0 aliphatic heterocycles. The van der Waals surface area contributed by atoms with Crippen LogP contribution in [-0.2, 0) is 9.53 Å². The van der Waals surface area contributed by atoms with Gasteiger partial charge >= 0.3 is 0 Å². The molecule has 8 heteroatoms. The molecule has 3 rings (SSSR count). The third-order valence-corrected chi connectivity index (χ3v) is 5.16. The average Bonchev–Trinajstić information content (AvgIpc) is 3.36. The summed E-state index contributed by atoms with van der Waals surface area (Å²) >= 11 is 0. The van der Waals surface area contributed by atoms with Gasteiger partial charge in [0.1, 0.15) is 11.5 Å². The van der Waals surface area contributed by atoms with Gasteiger partial charge in [0.15, 0.2) is 6.10 Å². The number of nitrogens with one attached hydrogen (secondary N) is 1. The van der Waals surface area contributed by atoms with Crippen LogP contribution < -0.4 is 14.9 Å². The van der Waals surface area contributed by atoms with Gasteiger partial charge in [0.05, 0.1) is 25.6 Å². The number of hydrogen-bond acceptors (Lipinski definition) is 6. The highest BCUT2D eigenvalue weighted by molar-refractivity contribution is 6.02. The summed E-state index contributed by atoms with van der Waals surface area (Å²) in [6.07, 6.45) is 3.37. The highest BCUT2D eigenvalue weighted by Crippen LogP contribution is 2.30. The highest BCUT2D eigenvalue weighted by atomic mass is 16.5. The molecule has 1 aromatic heterocycles. The van der Waals surface area contributed by atoms with E-state index < -0.39 is 6.10 Å². The number of aromatic nitrogens is 2. The maximum Gasteiger partial charge on any atom is 0.273 e. The molecular formula is C24H28N4O4. The second kappa shape index (κ2) is 10.6. The molecular weight excluding hydrogens is 408 g/mol. The summed E-state index contributed by atoms with van der Waals surface area (Å²) in [7, 11) is 4.71. The lowest BCUT2D eigenvalue weighted by Gasteiger charge is -2.16. The smallest absolute Gasteiger partial charge is 0.273 e. The number of nitrogens with zero attached hydrogens (tertiary/aromatic N) is 3. The summed E-state index contributed by atoms with van der Waals surface area (Å²) in [5.41, 5.74) is 6.65. The van der Waals surface area contributed by atoms with Gasteiger partial charge in [0.25, 0.3) is 5.91 Å². The van der Waals surface area contributed by atoms with Crippen LogP contribution in [0.5, 0.6) is 11.5 Å². The van der Waals surface area contributed by atoms with E-state index in [0.29, 0.717) is 29.2 Å². The van der Waals surface area contributed by atoms with Crippen molar-refractivity contribution in [2.24, 2.45) is 5.10 Å². The summed E-state index contributed by atoms with van der Waals surface area (Å²) in [5, 5.41) is 8.56. The van der Waals surface area contributed by atoms with Crippen molar-refractivity contribution in [3.8, 4) is 17.2 Å². The van der Waals surface area contributed by atoms with E-state index in [1.807, 2.05) is 62.5 Å². The minimum Gasteiger partial charge on any atom is -0.496 e. The number of carbonyl (C=O) groups is 1.